The Bertz CT molecular complexity index is 1230. The zero-order valence-corrected chi connectivity index (χ0v) is 17.7. The quantitative estimate of drug-likeness (QED) is 0.286. The first-order valence-corrected chi connectivity index (χ1v) is 10.1. The first kappa shape index (κ1) is 22.0. The van der Waals surface area contributed by atoms with Crippen molar-refractivity contribution >= 4 is 29.3 Å². The Morgan fingerprint density at radius 3 is 2.48 bits per heavy atom. The zero-order chi connectivity index (χ0) is 22.5. The minimum Gasteiger partial charge on any atom is -0.468 e. The summed E-state index contributed by atoms with van der Waals surface area (Å²) in [4.78, 5) is 50.6. The lowest BCUT2D eigenvalue weighted by Crippen LogP contribution is -2.45. The average molecular weight is 444 g/mol. The van der Waals surface area contributed by atoms with Crippen molar-refractivity contribution in [3.63, 3.8) is 0 Å². The van der Waals surface area contributed by atoms with E-state index in [0.29, 0.717) is 9.72 Å². The number of anilines is 1. The van der Waals surface area contributed by atoms with Crippen LogP contribution >= 0.6 is 11.8 Å². The van der Waals surface area contributed by atoms with Crippen LogP contribution in [0.4, 0.5) is 5.82 Å². The summed E-state index contributed by atoms with van der Waals surface area (Å²) in [5.74, 6) is -1.82. The predicted octanol–water partition coefficient (Wildman–Crippen LogP) is -0.0830. The monoisotopic (exact) mass is 444 g/mol. The number of thioether (sulfide) groups is 1. The highest BCUT2D eigenvalue weighted by atomic mass is 32.2. The van der Waals surface area contributed by atoms with Gasteiger partial charge in [-0.05, 0) is 5.56 Å². The second-order valence-corrected chi connectivity index (χ2v) is 7.46. The third-order valence-electron chi connectivity index (χ3n) is 4.45. The van der Waals surface area contributed by atoms with Gasteiger partial charge in [0.2, 0.25) is 0 Å². The molecule has 0 aliphatic rings. The van der Waals surface area contributed by atoms with Gasteiger partial charge < -0.3 is 15.0 Å². The molecule has 0 atom stereocenters. The molecular weight excluding hydrogens is 424 g/mol. The number of ether oxygens (including phenoxy) is 1. The number of nitrogens with zero attached hydrogens (tertiary/aromatic N) is 5. The van der Waals surface area contributed by atoms with Gasteiger partial charge in [-0.25, -0.2) is 9.36 Å². The third kappa shape index (κ3) is 4.74. The van der Waals surface area contributed by atoms with Gasteiger partial charge in [-0.3, -0.25) is 19.0 Å². The van der Waals surface area contributed by atoms with Gasteiger partial charge in [0.15, 0.2) is 10.9 Å². The number of nitrogens with two attached hydrogens (primary N) is 1. The van der Waals surface area contributed by atoms with Crippen LogP contribution in [0.15, 0.2) is 51.4 Å². The number of carbonyl (C=O) groups is 2. The van der Waals surface area contributed by atoms with Crippen LogP contribution in [0.1, 0.15) is 15.9 Å². The Labute approximate surface area is 180 Å². The summed E-state index contributed by atoms with van der Waals surface area (Å²) in [7, 11) is 2.85. The summed E-state index contributed by atoms with van der Waals surface area (Å²) < 4.78 is 7.95. The number of ketones is 1. The number of hydrogen-bond donors (Lipinski definition) is 1. The largest absolute Gasteiger partial charge is 0.468 e. The fourth-order valence-corrected chi connectivity index (χ4v) is 3.59. The summed E-state index contributed by atoms with van der Waals surface area (Å²) in [5.41, 5.74) is 4.72. The van der Waals surface area contributed by atoms with Crippen molar-refractivity contribution in [3.8, 4) is 0 Å². The van der Waals surface area contributed by atoms with Crippen LogP contribution in [-0.4, -0.2) is 48.5 Å². The fourth-order valence-electron chi connectivity index (χ4n) is 2.83. The second-order valence-electron chi connectivity index (χ2n) is 6.52. The molecule has 2 aromatic heterocycles. The van der Waals surface area contributed by atoms with Crippen LogP contribution in [0.2, 0.25) is 0 Å². The Hall–Kier alpha value is -3.67. The molecule has 31 heavy (non-hydrogen) atoms. The smallest absolute Gasteiger partial charge is 0.333 e. The molecule has 2 heterocycles. The maximum absolute atomic E-state index is 12.9. The second kappa shape index (κ2) is 9.43. The van der Waals surface area contributed by atoms with Gasteiger partial charge in [0.25, 0.3) is 5.56 Å². The molecule has 162 valence electrons. The lowest BCUT2D eigenvalue weighted by atomic mass is 10.2. The van der Waals surface area contributed by atoms with E-state index in [9.17, 15) is 19.2 Å². The van der Waals surface area contributed by atoms with E-state index in [4.69, 9.17) is 5.73 Å². The van der Waals surface area contributed by atoms with E-state index in [1.807, 2.05) is 6.07 Å². The van der Waals surface area contributed by atoms with Crippen LogP contribution in [-0.2, 0) is 29.7 Å². The lowest BCUT2D eigenvalue weighted by molar-refractivity contribution is -0.141. The average Bonchev–Trinajstić information content (AvgIpc) is 3.18. The first-order valence-electron chi connectivity index (χ1n) is 9.07. The molecule has 1 aromatic carbocycles. The van der Waals surface area contributed by atoms with Gasteiger partial charge in [0.05, 0.1) is 19.4 Å². The molecule has 0 spiro atoms. The van der Waals surface area contributed by atoms with Crippen LogP contribution in [0.25, 0.3) is 0 Å². The summed E-state index contributed by atoms with van der Waals surface area (Å²) in [6.45, 7) is -0.621. The lowest BCUT2D eigenvalue weighted by Gasteiger charge is -2.16. The van der Waals surface area contributed by atoms with Crippen molar-refractivity contribution in [2.24, 2.45) is 7.05 Å². The number of aromatic nitrogens is 5. The molecule has 3 aromatic rings. The molecule has 0 radical (unpaired) electrons. The number of rotatable bonds is 8. The van der Waals surface area contributed by atoms with Gasteiger partial charge in [-0.15, -0.1) is 10.2 Å². The molecule has 0 aliphatic carbocycles. The van der Waals surface area contributed by atoms with E-state index in [1.54, 1.807) is 35.9 Å². The van der Waals surface area contributed by atoms with Crippen molar-refractivity contribution in [2.45, 2.75) is 18.2 Å². The van der Waals surface area contributed by atoms with Crippen molar-refractivity contribution in [3.05, 3.63) is 68.6 Å². The molecule has 0 saturated heterocycles. The van der Waals surface area contributed by atoms with Crippen molar-refractivity contribution < 1.29 is 14.3 Å². The summed E-state index contributed by atoms with van der Waals surface area (Å²) in [6, 6.07) is 8.92. The highest BCUT2D eigenvalue weighted by molar-refractivity contribution is 7.99. The van der Waals surface area contributed by atoms with Crippen molar-refractivity contribution in [1.29, 1.82) is 0 Å². The molecule has 0 unspecified atom stereocenters. The molecule has 0 fully saturated rings. The molecule has 0 amide bonds. The van der Waals surface area contributed by atoms with E-state index < -0.39 is 29.5 Å². The standard InChI is InChI=1S/C19H20N6O5S/c1-23-11-21-22-18(23)31-10-13(26)15-16(20)24(8-12-6-4-3-5-7-12)19(29)25(17(15)28)9-14(27)30-2/h3-7,11H,8-10,20H2,1-2H3. The van der Waals surface area contributed by atoms with Gasteiger partial charge in [-0.2, -0.15) is 0 Å². The van der Waals surface area contributed by atoms with Gasteiger partial charge in [0, 0.05) is 7.05 Å². The minimum atomic E-state index is -0.944. The molecule has 11 nitrogen and oxygen atoms in total. The molecule has 0 aliphatic heterocycles. The number of esters is 1. The number of aryl methyl sites for hydroxylation is 1. The number of benzene rings is 1. The predicted molar refractivity (Wildman–Crippen MR) is 113 cm³/mol. The van der Waals surface area contributed by atoms with Crippen molar-refractivity contribution in [2.75, 3.05) is 18.6 Å². The number of carbonyl (C=O) groups excluding carboxylic acids is 2. The van der Waals surface area contributed by atoms with Gasteiger partial charge in [-0.1, -0.05) is 42.1 Å². The Balaban J connectivity index is 2.06. The Morgan fingerprint density at radius 1 is 1.16 bits per heavy atom. The SMILES string of the molecule is COC(=O)Cn1c(=O)c(C(=O)CSc2nncn2C)c(N)n(Cc2ccccc2)c1=O. The highest BCUT2D eigenvalue weighted by Crippen LogP contribution is 2.17. The van der Waals surface area contributed by atoms with Crippen LogP contribution in [0.5, 0.6) is 0 Å². The normalized spacial score (nSPS) is 10.8. The molecule has 12 heteroatoms. The minimum absolute atomic E-state index is 0.0175. The van der Waals surface area contributed by atoms with E-state index >= 15 is 0 Å². The molecule has 0 bridgehead atoms. The third-order valence-corrected chi connectivity index (χ3v) is 5.48. The maximum atomic E-state index is 12.9. The topological polar surface area (TPSA) is 144 Å². The van der Waals surface area contributed by atoms with Crippen LogP contribution < -0.4 is 17.0 Å². The highest BCUT2D eigenvalue weighted by Gasteiger charge is 2.24. The number of methoxy groups -OCH3 is 1. The first-order chi connectivity index (χ1) is 14.8. The number of Topliss-reactive ketones (excluding diaryl/α,β-unsaturated/α-hetero) is 1. The summed E-state index contributed by atoms with van der Waals surface area (Å²) in [5, 5.41) is 8.08. The van der Waals surface area contributed by atoms with Gasteiger partial charge in [0.1, 0.15) is 24.3 Å². The Morgan fingerprint density at radius 2 is 1.87 bits per heavy atom. The van der Waals surface area contributed by atoms with E-state index in [2.05, 4.69) is 14.9 Å². The van der Waals surface area contributed by atoms with E-state index in [0.717, 1.165) is 29.0 Å². The summed E-state index contributed by atoms with van der Waals surface area (Å²) >= 11 is 1.07. The molecular formula is C19H20N6O5S. The van der Waals surface area contributed by atoms with Gasteiger partial charge >= 0.3 is 11.7 Å². The van der Waals surface area contributed by atoms with E-state index in [1.165, 1.54) is 6.33 Å². The summed E-state index contributed by atoms with van der Waals surface area (Å²) in [6.07, 6.45) is 1.48. The number of nitrogen functional groups attached to an aromatic ring is 1. The van der Waals surface area contributed by atoms with E-state index in [-0.39, 0.29) is 23.7 Å². The molecule has 0 saturated carbocycles. The molecule has 3 rings (SSSR count). The Kier molecular flexibility index (Phi) is 6.70. The molecule has 2 N–H and O–H groups in total. The maximum Gasteiger partial charge on any atom is 0.333 e. The zero-order valence-electron chi connectivity index (χ0n) is 16.8. The number of hydrogen-bond acceptors (Lipinski definition) is 9. The van der Waals surface area contributed by atoms with Crippen LogP contribution in [0.3, 0.4) is 0 Å². The van der Waals surface area contributed by atoms with Crippen molar-refractivity contribution in [1.82, 2.24) is 23.9 Å². The van der Waals surface area contributed by atoms with Crippen LogP contribution in [0, 0.1) is 0 Å². The fraction of sp³-hybridized carbons (Fsp3) is 0.263.